The smallest absolute Gasteiger partial charge is 0.267 e. The molecule has 0 fully saturated rings. The summed E-state index contributed by atoms with van der Waals surface area (Å²) in [5.74, 6) is 0.468. The predicted molar refractivity (Wildman–Crippen MR) is 123 cm³/mol. The largest absolute Gasteiger partial charge is 0.497 e. The molecule has 0 aliphatic carbocycles. The maximum absolute atomic E-state index is 13.5. The zero-order chi connectivity index (χ0) is 22.9. The Balaban J connectivity index is 1.66. The zero-order valence-electron chi connectivity index (χ0n) is 18.0. The Morgan fingerprint density at radius 1 is 1.06 bits per heavy atom. The van der Waals surface area contributed by atoms with E-state index in [0.29, 0.717) is 22.9 Å². The minimum atomic E-state index is -3.94. The third kappa shape index (κ3) is 4.13. The second-order valence-corrected chi connectivity index (χ2v) is 9.46. The van der Waals surface area contributed by atoms with Crippen molar-refractivity contribution in [2.75, 3.05) is 23.3 Å². The van der Waals surface area contributed by atoms with Crippen molar-refractivity contribution in [3.05, 3.63) is 77.9 Å². The highest BCUT2D eigenvalue weighted by Crippen LogP contribution is 2.37. The highest BCUT2D eigenvalue weighted by molar-refractivity contribution is 7.92. The van der Waals surface area contributed by atoms with Gasteiger partial charge in [0.1, 0.15) is 11.5 Å². The van der Waals surface area contributed by atoms with Gasteiger partial charge >= 0.3 is 0 Å². The summed E-state index contributed by atoms with van der Waals surface area (Å²) < 4.78 is 39.2. The van der Waals surface area contributed by atoms with Crippen molar-refractivity contribution in [3.63, 3.8) is 0 Å². The van der Waals surface area contributed by atoms with Crippen LogP contribution in [0.4, 0.5) is 11.4 Å². The van der Waals surface area contributed by atoms with Crippen molar-refractivity contribution in [1.82, 2.24) is 0 Å². The normalized spacial score (nSPS) is 15.5. The molecule has 3 aromatic carbocycles. The molecule has 32 heavy (non-hydrogen) atoms. The van der Waals surface area contributed by atoms with E-state index < -0.39 is 22.0 Å². The van der Waals surface area contributed by atoms with Gasteiger partial charge in [-0.05, 0) is 61.9 Å². The number of aryl methyl sites for hydroxylation is 2. The van der Waals surface area contributed by atoms with Crippen molar-refractivity contribution in [2.24, 2.45) is 0 Å². The fraction of sp³-hybridized carbons (Fsp3) is 0.208. The standard InChI is InChI=1S/C24H24N2O5S/c1-16-8-13-20(17(2)14-16)25-24(27)23-15-26(21-6-4-5-7-22(21)31-23)32(28,29)19-11-9-18(30-3)10-12-19/h4-14,23H,15H2,1-3H3,(H,25,27)/t23-/m0/s1. The maximum Gasteiger partial charge on any atom is 0.267 e. The van der Waals surface area contributed by atoms with Gasteiger partial charge in [0.25, 0.3) is 15.9 Å². The molecule has 0 unspecified atom stereocenters. The summed E-state index contributed by atoms with van der Waals surface area (Å²) in [5.41, 5.74) is 3.05. The molecule has 7 nitrogen and oxygen atoms in total. The Morgan fingerprint density at radius 2 is 1.78 bits per heavy atom. The molecule has 4 rings (SSSR count). The van der Waals surface area contributed by atoms with E-state index in [2.05, 4.69) is 5.32 Å². The Labute approximate surface area is 187 Å². The Kier molecular flexibility index (Phi) is 5.80. The van der Waals surface area contributed by atoms with Gasteiger partial charge in [-0.2, -0.15) is 0 Å². The number of benzene rings is 3. The predicted octanol–water partition coefficient (Wildman–Crippen LogP) is 3.91. The number of hydrogen-bond acceptors (Lipinski definition) is 5. The molecule has 1 heterocycles. The van der Waals surface area contributed by atoms with E-state index in [1.165, 1.54) is 23.5 Å². The first-order valence-corrected chi connectivity index (χ1v) is 11.5. The summed E-state index contributed by atoms with van der Waals surface area (Å²) in [6.07, 6.45) is -1.02. The van der Waals surface area contributed by atoms with Gasteiger partial charge in [0.15, 0.2) is 6.10 Å². The molecule has 0 radical (unpaired) electrons. The second kappa shape index (κ2) is 8.55. The van der Waals surface area contributed by atoms with Crippen LogP contribution >= 0.6 is 0 Å². The number of rotatable bonds is 5. The van der Waals surface area contributed by atoms with Gasteiger partial charge in [-0.3, -0.25) is 9.10 Å². The summed E-state index contributed by atoms with van der Waals surface area (Å²) in [4.78, 5) is 13.1. The molecule has 1 aliphatic rings. The first-order valence-electron chi connectivity index (χ1n) is 10.1. The molecule has 1 aliphatic heterocycles. The lowest BCUT2D eigenvalue weighted by Gasteiger charge is -2.34. The Bertz CT molecular complexity index is 1260. The zero-order valence-corrected chi connectivity index (χ0v) is 18.8. The van der Waals surface area contributed by atoms with Gasteiger partial charge in [0.2, 0.25) is 0 Å². The van der Waals surface area contributed by atoms with E-state index in [-0.39, 0.29) is 11.4 Å². The van der Waals surface area contributed by atoms with E-state index in [9.17, 15) is 13.2 Å². The minimum Gasteiger partial charge on any atom is -0.497 e. The van der Waals surface area contributed by atoms with Crippen molar-refractivity contribution in [1.29, 1.82) is 0 Å². The number of hydrogen-bond donors (Lipinski definition) is 1. The van der Waals surface area contributed by atoms with E-state index in [1.54, 1.807) is 36.4 Å². The van der Waals surface area contributed by atoms with Crippen molar-refractivity contribution in [2.45, 2.75) is 24.8 Å². The monoisotopic (exact) mass is 452 g/mol. The van der Waals surface area contributed by atoms with Crippen LogP contribution < -0.4 is 19.1 Å². The number of amides is 1. The summed E-state index contributed by atoms with van der Waals surface area (Å²) in [6.45, 7) is 3.73. The topological polar surface area (TPSA) is 84.9 Å². The first-order chi connectivity index (χ1) is 15.3. The number of fused-ring (bicyclic) bond motifs is 1. The van der Waals surface area contributed by atoms with E-state index >= 15 is 0 Å². The van der Waals surface area contributed by atoms with E-state index in [0.717, 1.165) is 11.1 Å². The molecule has 1 atom stereocenters. The Hall–Kier alpha value is -3.52. The van der Waals surface area contributed by atoms with Crippen LogP contribution in [0.2, 0.25) is 0 Å². The van der Waals surface area contributed by atoms with Crippen LogP contribution in [-0.2, 0) is 14.8 Å². The SMILES string of the molecule is COc1ccc(S(=O)(=O)N2C[C@@H](C(=O)Nc3ccc(C)cc3C)Oc3ccccc32)cc1. The summed E-state index contributed by atoms with van der Waals surface area (Å²) in [7, 11) is -2.42. The molecule has 1 N–H and O–H groups in total. The van der Waals surface area contributed by atoms with Crippen LogP contribution in [0, 0.1) is 13.8 Å². The van der Waals surface area contributed by atoms with Crippen molar-refractivity contribution >= 4 is 27.3 Å². The number of carbonyl (C=O) groups excluding carboxylic acids is 1. The van der Waals surface area contributed by atoms with Gasteiger partial charge < -0.3 is 14.8 Å². The summed E-state index contributed by atoms with van der Waals surface area (Å²) in [6, 6.07) is 18.6. The molecule has 3 aromatic rings. The maximum atomic E-state index is 13.5. The number of carbonyl (C=O) groups is 1. The average molecular weight is 453 g/mol. The average Bonchev–Trinajstić information content (AvgIpc) is 2.80. The van der Waals surface area contributed by atoms with E-state index in [4.69, 9.17) is 9.47 Å². The lowest BCUT2D eigenvalue weighted by atomic mass is 10.1. The molecule has 0 aromatic heterocycles. The molecule has 0 saturated heterocycles. The quantitative estimate of drug-likeness (QED) is 0.635. The number of nitrogens with zero attached hydrogens (tertiary/aromatic N) is 1. The fourth-order valence-corrected chi connectivity index (χ4v) is 5.08. The number of anilines is 2. The van der Waals surface area contributed by atoms with Gasteiger partial charge in [-0.1, -0.05) is 29.8 Å². The first kappa shape index (κ1) is 21.7. The highest BCUT2D eigenvalue weighted by atomic mass is 32.2. The number of methoxy groups -OCH3 is 1. The fourth-order valence-electron chi connectivity index (χ4n) is 3.61. The highest BCUT2D eigenvalue weighted by Gasteiger charge is 2.37. The van der Waals surface area contributed by atoms with Gasteiger partial charge in [-0.25, -0.2) is 8.42 Å². The number of ether oxygens (including phenoxy) is 2. The van der Waals surface area contributed by atoms with E-state index in [1.807, 2.05) is 32.0 Å². The summed E-state index contributed by atoms with van der Waals surface area (Å²) in [5, 5.41) is 2.86. The molecular weight excluding hydrogens is 428 g/mol. The van der Waals surface area contributed by atoms with Crippen LogP contribution in [0.15, 0.2) is 71.6 Å². The molecule has 1 amide bonds. The lowest BCUT2D eigenvalue weighted by molar-refractivity contribution is -0.122. The molecule has 0 spiro atoms. The van der Waals surface area contributed by atoms with Crippen LogP contribution in [0.25, 0.3) is 0 Å². The molecular formula is C24H24N2O5S. The lowest BCUT2D eigenvalue weighted by Crippen LogP contribution is -2.48. The third-order valence-corrected chi connectivity index (χ3v) is 7.11. The van der Waals surface area contributed by atoms with Gasteiger partial charge in [0.05, 0.1) is 24.2 Å². The molecule has 0 bridgehead atoms. The van der Waals surface area contributed by atoms with Crippen LogP contribution in [0.1, 0.15) is 11.1 Å². The van der Waals surface area contributed by atoms with Crippen molar-refractivity contribution < 1.29 is 22.7 Å². The Morgan fingerprint density at radius 3 is 2.47 bits per heavy atom. The number of nitrogens with one attached hydrogen (secondary N) is 1. The number of para-hydroxylation sites is 2. The van der Waals surface area contributed by atoms with Crippen LogP contribution in [0.3, 0.4) is 0 Å². The second-order valence-electron chi connectivity index (χ2n) is 7.59. The van der Waals surface area contributed by atoms with Gasteiger partial charge in [-0.15, -0.1) is 0 Å². The molecule has 0 saturated carbocycles. The molecule has 8 heteroatoms. The van der Waals surface area contributed by atoms with Crippen LogP contribution in [0.5, 0.6) is 11.5 Å². The van der Waals surface area contributed by atoms with Crippen LogP contribution in [-0.4, -0.2) is 34.1 Å². The number of sulfonamides is 1. The summed E-state index contributed by atoms with van der Waals surface area (Å²) >= 11 is 0. The minimum absolute atomic E-state index is 0.101. The van der Waals surface area contributed by atoms with Crippen molar-refractivity contribution in [3.8, 4) is 11.5 Å². The molecule has 166 valence electrons. The van der Waals surface area contributed by atoms with Gasteiger partial charge in [0, 0.05) is 5.69 Å². The third-order valence-electron chi connectivity index (χ3n) is 5.31.